The van der Waals surface area contributed by atoms with Crippen molar-refractivity contribution in [2.24, 2.45) is 0 Å². The molecular formula is C5H10NOS2+. The largest absolute Gasteiger partial charge is 0.538 e. The van der Waals surface area contributed by atoms with Crippen LogP contribution in [0.25, 0.3) is 0 Å². The standard InChI is InChI=1S/C5H10NOS2/c1-3-6(4-2)5(8)9-7/h3-4H2,1-2H3/q+1. The zero-order valence-electron chi connectivity index (χ0n) is 5.59. The maximum atomic E-state index is 10.1. The van der Waals surface area contributed by atoms with Gasteiger partial charge in [-0.3, -0.25) is 0 Å². The van der Waals surface area contributed by atoms with Gasteiger partial charge in [-0.1, -0.05) is 0 Å². The summed E-state index contributed by atoms with van der Waals surface area (Å²) in [6.45, 7) is 5.60. The van der Waals surface area contributed by atoms with Crippen molar-refractivity contribution in [3.63, 3.8) is 0 Å². The van der Waals surface area contributed by atoms with Crippen LogP contribution in [0.4, 0.5) is 0 Å². The molecule has 0 unspecified atom stereocenters. The highest BCUT2D eigenvalue weighted by Crippen LogP contribution is 1.89. The van der Waals surface area contributed by atoms with Crippen LogP contribution in [-0.4, -0.2) is 22.3 Å². The molecule has 0 N–H and O–H groups in total. The molecule has 0 spiro atoms. The quantitative estimate of drug-likeness (QED) is 0.449. The lowest BCUT2D eigenvalue weighted by atomic mass is 10.6. The summed E-state index contributed by atoms with van der Waals surface area (Å²) in [6.07, 6.45) is 0. The van der Waals surface area contributed by atoms with Gasteiger partial charge in [-0.2, -0.15) is 0 Å². The molecule has 0 amide bonds. The molecule has 0 rings (SSSR count). The molecule has 0 aliphatic carbocycles. The molecule has 0 aromatic heterocycles. The molecule has 0 atom stereocenters. The first kappa shape index (κ1) is 8.91. The average Bonchev–Trinajstić information content (AvgIpc) is 1.90. The fraction of sp³-hybridized carbons (Fsp3) is 0.800. The highest BCUT2D eigenvalue weighted by Gasteiger charge is 2.16. The van der Waals surface area contributed by atoms with Crippen LogP contribution in [0, 0.1) is 0 Å². The van der Waals surface area contributed by atoms with Crippen molar-refractivity contribution >= 4 is 28.2 Å². The van der Waals surface area contributed by atoms with E-state index < -0.39 is 0 Å². The lowest BCUT2D eigenvalue weighted by Gasteiger charge is -2.09. The summed E-state index contributed by atoms with van der Waals surface area (Å²) in [7, 11) is 0. The van der Waals surface area contributed by atoms with E-state index in [1.807, 2.05) is 18.7 Å². The van der Waals surface area contributed by atoms with Gasteiger partial charge in [0.25, 0.3) is 0 Å². The fourth-order valence-electron chi connectivity index (χ4n) is 0.535. The summed E-state index contributed by atoms with van der Waals surface area (Å²) in [6, 6.07) is 0. The Morgan fingerprint density at radius 3 is 2.11 bits per heavy atom. The van der Waals surface area contributed by atoms with Crippen LogP contribution in [0.3, 0.4) is 0 Å². The topological polar surface area (TPSA) is 20.3 Å². The van der Waals surface area contributed by atoms with Crippen molar-refractivity contribution in [3.8, 4) is 0 Å². The minimum absolute atomic E-state index is 0.389. The molecule has 0 saturated carbocycles. The van der Waals surface area contributed by atoms with Crippen molar-refractivity contribution in [3.05, 3.63) is 0 Å². The van der Waals surface area contributed by atoms with Gasteiger partial charge in [0.2, 0.25) is 0 Å². The minimum atomic E-state index is 0.389. The van der Waals surface area contributed by atoms with E-state index in [0.717, 1.165) is 13.1 Å². The predicted molar refractivity (Wildman–Crippen MR) is 43.6 cm³/mol. The van der Waals surface area contributed by atoms with Crippen LogP contribution < -0.4 is 0 Å². The van der Waals surface area contributed by atoms with E-state index in [1.165, 1.54) is 0 Å². The molecular weight excluding hydrogens is 154 g/mol. The van der Waals surface area contributed by atoms with Gasteiger partial charge in [-0.25, -0.2) is 0 Å². The van der Waals surface area contributed by atoms with E-state index in [4.69, 9.17) is 12.2 Å². The molecule has 0 saturated heterocycles. The van der Waals surface area contributed by atoms with E-state index >= 15 is 0 Å². The Kier molecular flexibility index (Phi) is 4.71. The second kappa shape index (κ2) is 4.76. The van der Waals surface area contributed by atoms with E-state index in [-0.39, 0.29) is 0 Å². The predicted octanol–water partition coefficient (Wildman–Crippen LogP) is 1.04. The molecule has 0 heterocycles. The van der Waals surface area contributed by atoms with E-state index in [2.05, 4.69) is 0 Å². The molecule has 0 radical (unpaired) electrons. The fourth-order valence-corrected chi connectivity index (χ4v) is 1.16. The monoisotopic (exact) mass is 164 g/mol. The Hall–Kier alpha value is -0.0900. The van der Waals surface area contributed by atoms with Crippen molar-refractivity contribution in [1.29, 1.82) is 0 Å². The summed E-state index contributed by atoms with van der Waals surface area (Å²) in [5, 5.41) is 0. The third kappa shape index (κ3) is 2.81. The van der Waals surface area contributed by atoms with Crippen LogP contribution in [0.15, 0.2) is 0 Å². The summed E-state index contributed by atoms with van der Waals surface area (Å²) < 4.78 is 10.6. The van der Waals surface area contributed by atoms with Gasteiger partial charge < -0.3 is 4.90 Å². The Morgan fingerprint density at radius 2 is 2.00 bits per heavy atom. The summed E-state index contributed by atoms with van der Waals surface area (Å²) in [5.41, 5.74) is 0. The SMILES string of the molecule is CCN(CC)C(=S)[S+]=O. The zero-order chi connectivity index (χ0) is 7.28. The highest BCUT2D eigenvalue weighted by molar-refractivity contribution is 8.03. The molecule has 0 bridgehead atoms. The van der Waals surface area contributed by atoms with Crippen molar-refractivity contribution < 1.29 is 4.21 Å². The van der Waals surface area contributed by atoms with Crippen LogP contribution >= 0.6 is 12.2 Å². The summed E-state index contributed by atoms with van der Waals surface area (Å²) >= 11 is 5.14. The second-order valence-corrected chi connectivity index (χ2v) is 2.72. The molecule has 0 aliphatic heterocycles. The molecule has 2 nitrogen and oxygen atoms in total. The maximum absolute atomic E-state index is 10.1. The van der Waals surface area contributed by atoms with Crippen LogP contribution in [-0.2, 0) is 15.9 Å². The van der Waals surface area contributed by atoms with Crippen LogP contribution in [0.5, 0.6) is 0 Å². The van der Waals surface area contributed by atoms with E-state index in [9.17, 15) is 4.21 Å². The van der Waals surface area contributed by atoms with Gasteiger partial charge in [0.1, 0.15) is 0 Å². The number of nitrogens with zero attached hydrogens (tertiary/aromatic N) is 1. The van der Waals surface area contributed by atoms with Gasteiger partial charge in [0.15, 0.2) is 0 Å². The summed E-state index contributed by atoms with van der Waals surface area (Å²) in [4.78, 5) is 1.85. The average molecular weight is 164 g/mol. The van der Waals surface area contributed by atoms with E-state index in [1.54, 1.807) is 0 Å². The Morgan fingerprint density at radius 1 is 1.56 bits per heavy atom. The Labute approximate surface area is 64.7 Å². The van der Waals surface area contributed by atoms with E-state index in [0.29, 0.717) is 16.0 Å². The maximum Gasteiger partial charge on any atom is 0.538 e. The first-order valence-corrected chi connectivity index (χ1v) is 4.00. The smallest absolute Gasteiger partial charge is 0.312 e. The van der Waals surface area contributed by atoms with Gasteiger partial charge in [0.05, 0.1) is 0 Å². The van der Waals surface area contributed by atoms with Gasteiger partial charge in [-0.15, -0.1) is 0 Å². The van der Waals surface area contributed by atoms with Gasteiger partial charge in [0, 0.05) is 29.5 Å². The van der Waals surface area contributed by atoms with Crippen molar-refractivity contribution in [2.45, 2.75) is 13.8 Å². The highest BCUT2D eigenvalue weighted by atomic mass is 32.2. The lowest BCUT2D eigenvalue weighted by molar-refractivity contribution is 0.480. The lowest BCUT2D eigenvalue weighted by Crippen LogP contribution is -2.27. The summed E-state index contributed by atoms with van der Waals surface area (Å²) in [5.74, 6) is 0. The second-order valence-electron chi connectivity index (χ2n) is 1.52. The molecule has 52 valence electrons. The first-order valence-electron chi connectivity index (χ1n) is 2.85. The van der Waals surface area contributed by atoms with Crippen LogP contribution in [0.1, 0.15) is 13.8 Å². The van der Waals surface area contributed by atoms with Crippen molar-refractivity contribution in [1.82, 2.24) is 4.90 Å². The molecule has 0 fully saturated rings. The minimum Gasteiger partial charge on any atom is -0.312 e. The molecule has 0 aliphatic rings. The third-order valence-electron chi connectivity index (χ3n) is 1.09. The third-order valence-corrected chi connectivity index (χ3v) is 1.96. The number of hydrogen-bond donors (Lipinski definition) is 0. The number of hydrogen-bond acceptors (Lipinski definition) is 2. The molecule has 0 aromatic rings. The van der Waals surface area contributed by atoms with Gasteiger partial charge >= 0.3 is 16.0 Å². The molecule has 0 aromatic carbocycles. The normalized spacial score (nSPS) is 8.67. The number of thiocarbonyl (C=S) groups is 1. The van der Waals surface area contributed by atoms with Crippen LogP contribution in [0.2, 0.25) is 0 Å². The molecule has 9 heavy (non-hydrogen) atoms. The zero-order valence-corrected chi connectivity index (χ0v) is 7.22. The number of rotatable bonds is 2. The Balaban J connectivity index is 3.78. The van der Waals surface area contributed by atoms with Crippen molar-refractivity contribution in [2.75, 3.05) is 13.1 Å². The molecule has 4 heteroatoms. The Bertz CT molecular complexity index is 112. The van der Waals surface area contributed by atoms with Gasteiger partial charge in [-0.05, 0) is 13.8 Å². The first-order chi connectivity index (χ1) is 4.26.